The van der Waals surface area contributed by atoms with Gasteiger partial charge in [0.05, 0.1) is 24.4 Å². The monoisotopic (exact) mass is 526 g/mol. The molecule has 198 valence electrons. The maximum atomic E-state index is 11.4. The Bertz CT molecular complexity index is 1390. The predicted molar refractivity (Wildman–Crippen MR) is 141 cm³/mol. The number of nitrogens with two attached hydrogens (primary N) is 1. The zero-order chi connectivity index (χ0) is 25.6. The zero-order valence-corrected chi connectivity index (χ0v) is 22.0. The molecule has 3 aliphatic rings. The van der Waals surface area contributed by atoms with Crippen LogP contribution in [-0.2, 0) is 19.0 Å². The molecule has 2 bridgehead atoms. The lowest BCUT2D eigenvalue weighted by atomic mass is 9.86. The largest absolute Gasteiger partial charge is 0.491 e. The molecule has 4 heterocycles. The van der Waals surface area contributed by atoms with E-state index >= 15 is 0 Å². The summed E-state index contributed by atoms with van der Waals surface area (Å²) in [6.45, 7) is 0.824. The average Bonchev–Trinajstić information content (AvgIpc) is 3.60. The highest BCUT2D eigenvalue weighted by Crippen LogP contribution is 2.44. The lowest BCUT2D eigenvalue weighted by Crippen LogP contribution is -2.32. The van der Waals surface area contributed by atoms with Gasteiger partial charge in [0.15, 0.2) is 0 Å². The minimum atomic E-state index is -3.42. The van der Waals surface area contributed by atoms with Gasteiger partial charge in [-0.2, -0.15) is 8.42 Å². The number of nitrogens with zero attached hydrogens (tertiary/aromatic N) is 3. The van der Waals surface area contributed by atoms with Crippen molar-refractivity contribution in [2.75, 3.05) is 25.2 Å². The van der Waals surface area contributed by atoms with Gasteiger partial charge in [-0.3, -0.25) is 4.18 Å². The van der Waals surface area contributed by atoms with Gasteiger partial charge in [-0.15, -0.1) is 0 Å². The second kappa shape index (κ2) is 9.56. The number of rotatable bonds is 8. The third-order valence-electron chi connectivity index (χ3n) is 8.27. The maximum Gasteiger partial charge on any atom is 0.264 e. The zero-order valence-electron chi connectivity index (χ0n) is 21.1. The quantitative estimate of drug-likeness (QED) is 0.427. The fourth-order valence-corrected chi connectivity index (χ4v) is 6.71. The minimum absolute atomic E-state index is 0.125. The van der Waals surface area contributed by atoms with Gasteiger partial charge in [0.1, 0.15) is 35.7 Å². The summed E-state index contributed by atoms with van der Waals surface area (Å²) in [5.41, 5.74) is 9.06. The van der Waals surface area contributed by atoms with Crippen LogP contribution in [0.3, 0.4) is 0 Å². The Hall–Kier alpha value is -2.69. The third kappa shape index (κ3) is 5.06. The van der Waals surface area contributed by atoms with Crippen molar-refractivity contribution in [3.05, 3.63) is 36.8 Å². The van der Waals surface area contributed by atoms with E-state index in [2.05, 4.69) is 32.9 Å². The molecule has 2 aliphatic heterocycles. The van der Waals surface area contributed by atoms with Crippen molar-refractivity contribution in [1.29, 1.82) is 0 Å². The van der Waals surface area contributed by atoms with Crippen LogP contribution in [0.2, 0.25) is 0 Å². The molecule has 9 nitrogen and oxygen atoms in total. The summed E-state index contributed by atoms with van der Waals surface area (Å²) in [6, 6.07) is 8.36. The van der Waals surface area contributed by atoms with Gasteiger partial charge in [-0.1, -0.05) is 12.1 Å². The van der Waals surface area contributed by atoms with Crippen molar-refractivity contribution in [2.24, 2.45) is 5.92 Å². The molecule has 0 radical (unpaired) electrons. The highest BCUT2D eigenvalue weighted by molar-refractivity contribution is 7.85. The molecule has 0 atom stereocenters. The Kier molecular flexibility index (Phi) is 6.37. The van der Waals surface area contributed by atoms with Crippen LogP contribution in [0.4, 0.5) is 5.82 Å². The topological polar surface area (TPSA) is 119 Å². The van der Waals surface area contributed by atoms with Crippen molar-refractivity contribution in [1.82, 2.24) is 14.5 Å². The standard InChI is InChI=1S/C27H34N4O5S/c1-37(32,33)35-15-18-5-7-20(8-6-18)31-14-23(24-25(28)29-17-30-26(24)31)19-3-2-4-22(13-19)34-16-27-11-9-21(36-27)10-12-27/h2-4,13-14,17-18,20-21H,5-12,15-16H2,1H3,(H2,28,29,30)/t18-,20-,21?,27?. The van der Waals surface area contributed by atoms with E-state index in [0.29, 0.717) is 18.5 Å². The molecule has 0 amide bonds. The molecule has 2 saturated heterocycles. The molecule has 3 aromatic rings. The molecule has 37 heavy (non-hydrogen) atoms. The minimum Gasteiger partial charge on any atom is -0.491 e. The maximum absolute atomic E-state index is 11.4. The Morgan fingerprint density at radius 1 is 1.14 bits per heavy atom. The fraction of sp³-hybridized carbons (Fsp3) is 0.556. The number of ether oxygens (including phenoxy) is 2. The molecule has 2 N–H and O–H groups in total. The molecule has 0 unspecified atom stereocenters. The second-order valence-electron chi connectivity index (χ2n) is 10.9. The molecule has 2 aromatic heterocycles. The summed E-state index contributed by atoms with van der Waals surface area (Å²) in [4.78, 5) is 8.89. The van der Waals surface area contributed by atoms with Crippen molar-refractivity contribution in [2.45, 2.75) is 69.1 Å². The molecule has 1 saturated carbocycles. The van der Waals surface area contributed by atoms with Crippen LogP contribution in [0, 0.1) is 5.92 Å². The molecular formula is C27H34N4O5S. The van der Waals surface area contributed by atoms with Crippen LogP contribution in [0.5, 0.6) is 5.75 Å². The summed E-state index contributed by atoms with van der Waals surface area (Å²) >= 11 is 0. The first kappa shape index (κ1) is 24.6. The summed E-state index contributed by atoms with van der Waals surface area (Å²) in [5, 5.41) is 0.846. The second-order valence-corrected chi connectivity index (χ2v) is 12.5. The lowest BCUT2D eigenvalue weighted by Gasteiger charge is -2.29. The number of hydrogen-bond donors (Lipinski definition) is 1. The highest BCUT2D eigenvalue weighted by atomic mass is 32.2. The number of benzene rings is 1. The van der Waals surface area contributed by atoms with Gasteiger partial charge in [0.2, 0.25) is 0 Å². The Labute approximate surface area is 217 Å². The van der Waals surface area contributed by atoms with E-state index in [4.69, 9.17) is 19.4 Å². The first-order valence-electron chi connectivity index (χ1n) is 13.2. The van der Waals surface area contributed by atoms with Crippen molar-refractivity contribution in [3.63, 3.8) is 0 Å². The summed E-state index contributed by atoms with van der Waals surface area (Å²) in [7, 11) is -3.42. The van der Waals surface area contributed by atoms with Crippen molar-refractivity contribution in [3.8, 4) is 16.9 Å². The van der Waals surface area contributed by atoms with Gasteiger partial charge in [-0.05, 0) is 75.0 Å². The molecule has 10 heteroatoms. The molecule has 0 spiro atoms. The van der Waals surface area contributed by atoms with E-state index in [0.717, 1.165) is 85.5 Å². The predicted octanol–water partition coefficient (Wildman–Crippen LogP) is 4.48. The molecule has 1 aliphatic carbocycles. The van der Waals surface area contributed by atoms with E-state index < -0.39 is 10.1 Å². The van der Waals surface area contributed by atoms with Crippen LogP contribution < -0.4 is 10.5 Å². The number of fused-ring (bicyclic) bond motifs is 3. The van der Waals surface area contributed by atoms with Gasteiger partial charge < -0.3 is 19.8 Å². The fourth-order valence-electron chi connectivity index (χ4n) is 6.27. The molecular weight excluding hydrogens is 492 g/mol. The summed E-state index contributed by atoms with van der Waals surface area (Å²) in [5.74, 6) is 1.50. The lowest BCUT2D eigenvalue weighted by molar-refractivity contribution is -0.0198. The Balaban J connectivity index is 1.23. The van der Waals surface area contributed by atoms with E-state index in [1.165, 1.54) is 6.33 Å². The normalized spacial score (nSPS) is 27.6. The number of nitrogen functional groups attached to an aromatic ring is 1. The van der Waals surface area contributed by atoms with E-state index in [9.17, 15) is 8.42 Å². The highest BCUT2D eigenvalue weighted by Gasteiger charge is 2.46. The number of aromatic nitrogens is 3. The number of anilines is 1. The Morgan fingerprint density at radius 3 is 2.62 bits per heavy atom. The van der Waals surface area contributed by atoms with Crippen LogP contribution in [0.15, 0.2) is 36.8 Å². The van der Waals surface area contributed by atoms with Crippen LogP contribution in [-0.4, -0.2) is 54.1 Å². The van der Waals surface area contributed by atoms with E-state index in [-0.39, 0.29) is 24.2 Å². The summed E-state index contributed by atoms with van der Waals surface area (Å²) in [6.07, 6.45) is 13.2. The van der Waals surface area contributed by atoms with Gasteiger partial charge >= 0.3 is 0 Å². The molecule has 6 rings (SSSR count). The van der Waals surface area contributed by atoms with Crippen LogP contribution >= 0.6 is 0 Å². The average molecular weight is 527 g/mol. The molecule has 1 aromatic carbocycles. The number of hydrogen-bond acceptors (Lipinski definition) is 8. The SMILES string of the molecule is CS(=O)(=O)OC[C@H]1CC[C@H](n2cc(-c3cccc(OCC45CCC(CC4)O5)c3)c3c(N)ncnc32)CC1. The third-order valence-corrected chi connectivity index (χ3v) is 8.84. The van der Waals surface area contributed by atoms with Crippen LogP contribution in [0.25, 0.3) is 22.2 Å². The van der Waals surface area contributed by atoms with E-state index in [1.54, 1.807) is 0 Å². The van der Waals surface area contributed by atoms with Gasteiger partial charge in [-0.25, -0.2) is 9.97 Å². The molecule has 3 fully saturated rings. The van der Waals surface area contributed by atoms with Crippen molar-refractivity contribution < 1.29 is 22.1 Å². The van der Waals surface area contributed by atoms with E-state index in [1.807, 2.05) is 12.1 Å². The smallest absolute Gasteiger partial charge is 0.264 e. The first-order chi connectivity index (χ1) is 17.8. The first-order valence-corrected chi connectivity index (χ1v) is 15.0. The van der Waals surface area contributed by atoms with Gasteiger partial charge in [0.25, 0.3) is 10.1 Å². The van der Waals surface area contributed by atoms with Crippen molar-refractivity contribution >= 4 is 27.0 Å². The summed E-state index contributed by atoms with van der Waals surface area (Å²) < 4.78 is 42.4. The van der Waals surface area contributed by atoms with Gasteiger partial charge in [0, 0.05) is 17.8 Å². The van der Waals surface area contributed by atoms with Crippen LogP contribution in [0.1, 0.15) is 57.4 Å². The Morgan fingerprint density at radius 2 is 1.92 bits per heavy atom.